The molecule has 2 aliphatic heterocycles. The van der Waals surface area contributed by atoms with Crippen molar-refractivity contribution in [2.45, 2.75) is 38.2 Å². The van der Waals surface area contributed by atoms with Crippen LogP contribution in [0.15, 0.2) is 24.3 Å². The van der Waals surface area contributed by atoms with E-state index in [2.05, 4.69) is 5.32 Å². The van der Waals surface area contributed by atoms with Gasteiger partial charge in [-0.05, 0) is 49.9 Å². The van der Waals surface area contributed by atoms with Crippen LogP contribution in [0.5, 0.6) is 5.75 Å². The number of carbonyl (C=O) groups is 1. The predicted molar refractivity (Wildman–Crippen MR) is 103 cm³/mol. The van der Waals surface area contributed by atoms with Gasteiger partial charge in [-0.3, -0.25) is 14.9 Å². The van der Waals surface area contributed by atoms with E-state index in [9.17, 15) is 14.9 Å². The summed E-state index contributed by atoms with van der Waals surface area (Å²) in [6, 6.07) is 6.20. The topological polar surface area (TPSA) is 84.7 Å². The minimum absolute atomic E-state index is 0. The zero-order valence-electron chi connectivity index (χ0n) is 15.3. The van der Waals surface area contributed by atoms with E-state index in [-0.39, 0.29) is 35.5 Å². The molecule has 148 valence electrons. The largest absolute Gasteiger partial charge is 0.490 e. The van der Waals surface area contributed by atoms with Crippen LogP contribution >= 0.6 is 12.4 Å². The normalized spacial score (nSPS) is 24.1. The summed E-state index contributed by atoms with van der Waals surface area (Å²) in [5.74, 6) is 1.22. The number of likely N-dealkylation sites (tertiary alicyclic amines) is 1. The Hall–Kier alpha value is -1.86. The molecule has 8 heteroatoms. The summed E-state index contributed by atoms with van der Waals surface area (Å²) in [6.07, 6.45) is 5.00. The van der Waals surface area contributed by atoms with Crippen LogP contribution in [-0.4, -0.2) is 48.0 Å². The Morgan fingerprint density at radius 3 is 2.41 bits per heavy atom. The van der Waals surface area contributed by atoms with Crippen molar-refractivity contribution < 1.29 is 14.5 Å². The van der Waals surface area contributed by atoms with E-state index >= 15 is 0 Å². The molecule has 1 spiro atoms. The molecule has 27 heavy (non-hydrogen) atoms. The van der Waals surface area contributed by atoms with Crippen LogP contribution in [0.3, 0.4) is 0 Å². The van der Waals surface area contributed by atoms with E-state index < -0.39 is 4.92 Å². The molecule has 1 atom stereocenters. The van der Waals surface area contributed by atoms with Crippen molar-refractivity contribution in [1.82, 2.24) is 10.2 Å². The molecular weight excluding hydrogens is 370 g/mol. The maximum Gasteiger partial charge on any atom is 0.269 e. The number of carbonyl (C=O) groups excluding carboxylic acids is 1. The number of amides is 1. The standard InChI is InChI=1S/C19H25N3O4.ClH/c23-18(17-13-19(17)7-9-20-10-8-19)21-11-5-16(6-12-21)26-15-3-1-14(2-4-15)22(24)25;/h1-4,16-17,20H,5-13H2;1H. The van der Waals surface area contributed by atoms with Crippen LogP contribution in [0, 0.1) is 21.4 Å². The number of piperidine rings is 2. The molecule has 7 nitrogen and oxygen atoms in total. The monoisotopic (exact) mass is 395 g/mol. The molecule has 3 fully saturated rings. The first-order chi connectivity index (χ1) is 12.6. The molecule has 1 saturated carbocycles. The molecule has 1 unspecified atom stereocenters. The fraction of sp³-hybridized carbons (Fsp3) is 0.632. The van der Waals surface area contributed by atoms with Crippen molar-refractivity contribution in [3.05, 3.63) is 34.4 Å². The summed E-state index contributed by atoms with van der Waals surface area (Å²) < 4.78 is 5.94. The minimum Gasteiger partial charge on any atom is -0.490 e. The Bertz CT molecular complexity index is 683. The van der Waals surface area contributed by atoms with E-state index in [1.54, 1.807) is 12.1 Å². The first-order valence-corrected chi connectivity index (χ1v) is 9.48. The summed E-state index contributed by atoms with van der Waals surface area (Å²) in [7, 11) is 0. The summed E-state index contributed by atoms with van der Waals surface area (Å²) in [4.78, 5) is 25.1. The number of nitro groups is 1. The molecule has 0 aromatic heterocycles. The van der Waals surface area contributed by atoms with Gasteiger partial charge in [0.2, 0.25) is 5.91 Å². The van der Waals surface area contributed by atoms with E-state index in [0.717, 1.165) is 58.3 Å². The number of hydrogen-bond acceptors (Lipinski definition) is 5. The fourth-order valence-corrected chi connectivity index (χ4v) is 4.43. The molecule has 1 amide bonds. The smallest absolute Gasteiger partial charge is 0.269 e. The molecule has 2 saturated heterocycles. The van der Waals surface area contributed by atoms with Crippen molar-refractivity contribution in [2.75, 3.05) is 26.2 Å². The van der Waals surface area contributed by atoms with E-state index in [4.69, 9.17) is 4.74 Å². The predicted octanol–water partition coefficient (Wildman–Crippen LogP) is 2.78. The van der Waals surface area contributed by atoms with Gasteiger partial charge in [-0.15, -0.1) is 12.4 Å². The Morgan fingerprint density at radius 1 is 1.19 bits per heavy atom. The lowest BCUT2D eigenvalue weighted by molar-refractivity contribution is -0.384. The highest BCUT2D eigenvalue weighted by Crippen LogP contribution is 2.59. The number of hydrogen-bond donors (Lipinski definition) is 1. The molecule has 1 aromatic carbocycles. The third-order valence-corrected chi connectivity index (χ3v) is 6.19. The van der Waals surface area contributed by atoms with Gasteiger partial charge in [0.05, 0.1) is 4.92 Å². The average molecular weight is 396 g/mol. The van der Waals surface area contributed by atoms with Crippen molar-refractivity contribution in [2.24, 2.45) is 11.3 Å². The van der Waals surface area contributed by atoms with E-state index in [0.29, 0.717) is 11.7 Å². The van der Waals surface area contributed by atoms with E-state index in [1.807, 2.05) is 4.90 Å². The number of nitrogens with zero attached hydrogens (tertiary/aromatic N) is 2. The second kappa shape index (κ2) is 8.02. The second-order valence-electron chi connectivity index (χ2n) is 7.76. The molecule has 0 radical (unpaired) electrons. The Morgan fingerprint density at radius 2 is 1.81 bits per heavy atom. The molecule has 2 heterocycles. The van der Waals surface area contributed by atoms with Crippen LogP contribution in [-0.2, 0) is 4.79 Å². The van der Waals surface area contributed by atoms with Crippen LogP contribution < -0.4 is 10.1 Å². The fourth-order valence-electron chi connectivity index (χ4n) is 4.43. The number of benzene rings is 1. The minimum atomic E-state index is -0.416. The first-order valence-electron chi connectivity index (χ1n) is 9.48. The molecule has 1 aliphatic carbocycles. The van der Waals surface area contributed by atoms with Gasteiger partial charge in [0.1, 0.15) is 11.9 Å². The molecular formula is C19H26ClN3O4. The summed E-state index contributed by atoms with van der Waals surface area (Å²) in [5, 5.41) is 14.1. The van der Waals surface area contributed by atoms with Crippen LogP contribution in [0.4, 0.5) is 5.69 Å². The zero-order valence-corrected chi connectivity index (χ0v) is 16.1. The maximum atomic E-state index is 12.8. The maximum absolute atomic E-state index is 12.8. The second-order valence-corrected chi connectivity index (χ2v) is 7.76. The number of halogens is 1. The Balaban J connectivity index is 0.00000210. The number of nitro benzene ring substituents is 1. The lowest BCUT2D eigenvalue weighted by Gasteiger charge is -2.33. The molecule has 3 aliphatic rings. The lowest BCUT2D eigenvalue weighted by atomic mass is 9.91. The van der Waals surface area contributed by atoms with Crippen molar-refractivity contribution in [3.8, 4) is 5.75 Å². The van der Waals surface area contributed by atoms with Gasteiger partial charge in [-0.2, -0.15) is 0 Å². The van der Waals surface area contributed by atoms with Crippen molar-refractivity contribution >= 4 is 24.0 Å². The highest BCUT2D eigenvalue weighted by molar-refractivity contribution is 5.85. The Labute approximate surface area is 165 Å². The third-order valence-electron chi connectivity index (χ3n) is 6.19. The van der Waals surface area contributed by atoms with Gasteiger partial charge in [-0.1, -0.05) is 0 Å². The van der Waals surface area contributed by atoms with Crippen LogP contribution in [0.25, 0.3) is 0 Å². The molecule has 4 rings (SSSR count). The van der Waals surface area contributed by atoms with Crippen molar-refractivity contribution in [1.29, 1.82) is 0 Å². The number of rotatable bonds is 4. The molecule has 1 aromatic rings. The lowest BCUT2D eigenvalue weighted by Crippen LogP contribution is -2.43. The van der Waals surface area contributed by atoms with Gasteiger partial charge in [0.25, 0.3) is 5.69 Å². The third kappa shape index (κ3) is 4.19. The van der Waals surface area contributed by atoms with Crippen molar-refractivity contribution in [3.63, 3.8) is 0 Å². The quantitative estimate of drug-likeness (QED) is 0.626. The van der Waals surface area contributed by atoms with E-state index in [1.165, 1.54) is 12.1 Å². The number of nitrogens with one attached hydrogen (secondary N) is 1. The summed E-state index contributed by atoms with van der Waals surface area (Å²) in [5.41, 5.74) is 0.350. The summed E-state index contributed by atoms with van der Waals surface area (Å²) >= 11 is 0. The van der Waals surface area contributed by atoms with Gasteiger partial charge >= 0.3 is 0 Å². The first kappa shape index (κ1) is 19.9. The van der Waals surface area contributed by atoms with Crippen LogP contribution in [0.2, 0.25) is 0 Å². The number of ether oxygens (including phenoxy) is 1. The highest BCUT2D eigenvalue weighted by atomic mass is 35.5. The zero-order chi connectivity index (χ0) is 18.1. The average Bonchev–Trinajstić information content (AvgIpc) is 3.35. The molecule has 0 bridgehead atoms. The highest BCUT2D eigenvalue weighted by Gasteiger charge is 2.58. The molecule has 1 N–H and O–H groups in total. The number of non-ortho nitro benzene ring substituents is 1. The summed E-state index contributed by atoms with van der Waals surface area (Å²) in [6.45, 7) is 3.55. The van der Waals surface area contributed by atoms with Gasteiger partial charge in [0.15, 0.2) is 0 Å². The SMILES string of the molecule is Cl.O=C(C1CC12CCNCC2)N1CCC(Oc2ccc([N+](=O)[O-])cc2)CC1. The van der Waals surface area contributed by atoms with Gasteiger partial charge in [0, 0.05) is 44.0 Å². The Kier molecular flexibility index (Phi) is 5.91. The van der Waals surface area contributed by atoms with Gasteiger partial charge < -0.3 is 15.0 Å². The van der Waals surface area contributed by atoms with Gasteiger partial charge in [-0.25, -0.2) is 0 Å². The van der Waals surface area contributed by atoms with Crippen LogP contribution in [0.1, 0.15) is 32.1 Å².